The molecule has 1 atom stereocenters. The molecule has 1 aliphatic rings. The van der Waals surface area contributed by atoms with Gasteiger partial charge in [0.05, 0.1) is 18.2 Å². The Morgan fingerprint density at radius 1 is 1.18 bits per heavy atom. The fourth-order valence-corrected chi connectivity index (χ4v) is 4.30. The Kier molecular flexibility index (Phi) is 8.32. The third kappa shape index (κ3) is 5.65. The average Bonchev–Trinajstić information content (AvgIpc) is 3.03. The van der Waals surface area contributed by atoms with Crippen molar-refractivity contribution in [3.63, 3.8) is 0 Å². The predicted octanol–water partition coefficient (Wildman–Crippen LogP) is 5.25. The number of benzene rings is 2. The second-order valence-corrected chi connectivity index (χ2v) is 9.49. The Hall–Kier alpha value is -2.64. The molecule has 0 unspecified atom stereocenters. The van der Waals surface area contributed by atoms with Crippen LogP contribution in [0.25, 0.3) is 5.76 Å². The lowest BCUT2D eigenvalue weighted by Gasteiger charge is -2.25. The van der Waals surface area contributed by atoms with Gasteiger partial charge in [-0.3, -0.25) is 9.59 Å². The number of ether oxygens (including phenoxy) is 2. The van der Waals surface area contributed by atoms with Crippen molar-refractivity contribution in [2.75, 3.05) is 26.9 Å². The smallest absolute Gasteiger partial charge is 0.295 e. The van der Waals surface area contributed by atoms with Crippen molar-refractivity contribution in [3.05, 3.63) is 69.2 Å². The number of rotatable bonds is 9. The van der Waals surface area contributed by atoms with Crippen LogP contribution >= 0.6 is 15.9 Å². The lowest BCUT2D eigenvalue weighted by Crippen LogP contribution is -2.31. The summed E-state index contributed by atoms with van der Waals surface area (Å²) in [5.41, 5.74) is 2.15. The second kappa shape index (κ2) is 11.0. The first-order valence-electron chi connectivity index (χ1n) is 11.0. The van der Waals surface area contributed by atoms with Crippen LogP contribution in [0, 0.1) is 12.8 Å². The fourth-order valence-electron chi connectivity index (χ4n) is 3.88. The highest BCUT2D eigenvalue weighted by Gasteiger charge is 2.45. The summed E-state index contributed by atoms with van der Waals surface area (Å²) in [6.07, 6.45) is 0.578. The van der Waals surface area contributed by atoms with Gasteiger partial charge in [-0.25, -0.2) is 0 Å². The monoisotopic (exact) mass is 515 g/mol. The van der Waals surface area contributed by atoms with Crippen molar-refractivity contribution in [1.29, 1.82) is 0 Å². The van der Waals surface area contributed by atoms with Crippen molar-refractivity contribution in [3.8, 4) is 5.75 Å². The molecule has 1 fully saturated rings. The molecule has 2 aromatic carbocycles. The molecule has 6 nitrogen and oxygen atoms in total. The lowest BCUT2D eigenvalue weighted by molar-refractivity contribution is -0.140. The number of likely N-dealkylation sites (tertiary alicyclic amines) is 1. The van der Waals surface area contributed by atoms with E-state index in [0.717, 1.165) is 21.3 Å². The highest BCUT2D eigenvalue weighted by Crippen LogP contribution is 2.40. The summed E-state index contributed by atoms with van der Waals surface area (Å²) in [5.74, 6) is -0.384. The first kappa shape index (κ1) is 25.0. The van der Waals surface area contributed by atoms with Gasteiger partial charge in [-0.15, -0.1) is 0 Å². The third-order valence-corrected chi connectivity index (χ3v) is 5.97. The number of aryl methyl sites for hydroxylation is 1. The number of aliphatic hydroxyl groups excluding tert-OH is 1. The van der Waals surface area contributed by atoms with E-state index in [1.807, 2.05) is 31.2 Å². The first-order valence-corrected chi connectivity index (χ1v) is 11.8. The number of aliphatic hydroxyl groups is 1. The number of Topliss-reactive ketones (excluding diaryl/α,β-unsaturated/α-hetero) is 1. The van der Waals surface area contributed by atoms with Crippen molar-refractivity contribution in [2.45, 2.75) is 33.2 Å². The van der Waals surface area contributed by atoms with E-state index < -0.39 is 17.7 Å². The molecular formula is C26H30BrNO5. The number of halogens is 1. The summed E-state index contributed by atoms with van der Waals surface area (Å²) in [6.45, 7) is 7.42. The molecule has 0 aliphatic carbocycles. The van der Waals surface area contributed by atoms with Gasteiger partial charge in [0, 0.05) is 30.3 Å². The number of ketones is 1. The number of carbonyl (C=O) groups is 2. The maximum atomic E-state index is 13.1. The van der Waals surface area contributed by atoms with E-state index in [1.165, 1.54) is 4.90 Å². The van der Waals surface area contributed by atoms with E-state index in [4.69, 9.17) is 9.47 Å². The lowest BCUT2D eigenvalue weighted by atomic mass is 9.94. The van der Waals surface area contributed by atoms with E-state index in [-0.39, 0.29) is 11.3 Å². The minimum Gasteiger partial charge on any atom is -0.507 e. The Labute approximate surface area is 203 Å². The van der Waals surface area contributed by atoms with Crippen LogP contribution in [0.4, 0.5) is 0 Å². The molecule has 1 aliphatic heterocycles. The average molecular weight is 516 g/mol. The van der Waals surface area contributed by atoms with Gasteiger partial charge in [-0.2, -0.15) is 0 Å². The van der Waals surface area contributed by atoms with Crippen molar-refractivity contribution >= 4 is 33.4 Å². The first-order chi connectivity index (χ1) is 15.7. The molecule has 1 saturated heterocycles. The van der Waals surface area contributed by atoms with Gasteiger partial charge >= 0.3 is 0 Å². The van der Waals surface area contributed by atoms with Gasteiger partial charge < -0.3 is 19.5 Å². The van der Waals surface area contributed by atoms with Gasteiger partial charge in [0.25, 0.3) is 11.7 Å². The number of hydrogen-bond donors (Lipinski definition) is 1. The Bertz CT molecular complexity index is 1060. The zero-order chi connectivity index (χ0) is 24.1. The van der Waals surface area contributed by atoms with Crippen LogP contribution in [0.15, 0.2) is 52.5 Å². The van der Waals surface area contributed by atoms with Crippen molar-refractivity contribution in [1.82, 2.24) is 4.90 Å². The molecule has 2 aromatic rings. The summed E-state index contributed by atoms with van der Waals surface area (Å²) >= 11 is 3.47. The molecular weight excluding hydrogens is 486 g/mol. The summed E-state index contributed by atoms with van der Waals surface area (Å²) in [5, 5.41) is 11.2. The molecule has 0 radical (unpaired) electrons. The molecule has 0 aromatic heterocycles. The van der Waals surface area contributed by atoms with E-state index in [0.29, 0.717) is 37.7 Å². The number of methoxy groups -OCH3 is 1. The second-order valence-electron chi connectivity index (χ2n) is 8.58. The molecule has 0 saturated carbocycles. The molecule has 1 amide bonds. The topological polar surface area (TPSA) is 76.1 Å². The van der Waals surface area contributed by atoms with E-state index in [9.17, 15) is 14.7 Å². The van der Waals surface area contributed by atoms with Crippen LogP contribution in [-0.4, -0.2) is 48.6 Å². The number of amides is 1. The minimum absolute atomic E-state index is 0.0887. The largest absolute Gasteiger partial charge is 0.507 e. The Balaban J connectivity index is 2.06. The van der Waals surface area contributed by atoms with Crippen molar-refractivity contribution in [2.24, 2.45) is 5.92 Å². The maximum absolute atomic E-state index is 13.1. The Morgan fingerprint density at radius 3 is 2.58 bits per heavy atom. The Morgan fingerprint density at radius 2 is 1.94 bits per heavy atom. The van der Waals surface area contributed by atoms with Crippen molar-refractivity contribution < 1.29 is 24.2 Å². The van der Waals surface area contributed by atoms with Gasteiger partial charge in [0.1, 0.15) is 11.5 Å². The highest BCUT2D eigenvalue weighted by atomic mass is 79.9. The van der Waals surface area contributed by atoms with Gasteiger partial charge in [0.2, 0.25) is 0 Å². The van der Waals surface area contributed by atoms with Crippen LogP contribution in [0.3, 0.4) is 0 Å². The normalized spacial score (nSPS) is 17.8. The highest BCUT2D eigenvalue weighted by molar-refractivity contribution is 9.10. The van der Waals surface area contributed by atoms with Gasteiger partial charge in [-0.05, 0) is 60.7 Å². The van der Waals surface area contributed by atoms with Crippen LogP contribution in [-0.2, 0) is 14.3 Å². The standard InChI is InChI=1S/C26H30BrNO5/c1-16(2)15-33-21-10-9-19(13-17(21)3)24(29)22-23(18-7-5-8-20(27)14-18)28(11-6-12-32-4)26(31)25(22)30/h5,7-10,13-14,16,23,29H,6,11-12,15H2,1-4H3/b24-22+/t23-/m0/s1. The quantitative estimate of drug-likeness (QED) is 0.213. The molecule has 0 spiro atoms. The van der Waals surface area contributed by atoms with Gasteiger partial charge in [-0.1, -0.05) is 41.9 Å². The minimum atomic E-state index is -0.687. The predicted molar refractivity (Wildman–Crippen MR) is 131 cm³/mol. The molecule has 0 bridgehead atoms. The molecule has 3 rings (SSSR count). The van der Waals surface area contributed by atoms with Crippen LogP contribution in [0.5, 0.6) is 5.75 Å². The van der Waals surface area contributed by atoms with Crippen LogP contribution < -0.4 is 4.74 Å². The summed E-state index contributed by atoms with van der Waals surface area (Å²) < 4.78 is 11.8. The summed E-state index contributed by atoms with van der Waals surface area (Å²) in [6, 6.07) is 12.0. The van der Waals surface area contributed by atoms with E-state index >= 15 is 0 Å². The van der Waals surface area contributed by atoms with Crippen LogP contribution in [0.1, 0.15) is 43.0 Å². The SMILES string of the molecule is COCCCN1C(=O)C(=O)/C(=C(/O)c2ccc(OCC(C)C)c(C)c2)[C@@H]1c1cccc(Br)c1. The number of carbonyl (C=O) groups excluding carboxylic acids is 2. The number of hydrogen-bond acceptors (Lipinski definition) is 5. The fraction of sp³-hybridized carbons (Fsp3) is 0.385. The molecule has 7 heteroatoms. The molecule has 176 valence electrons. The molecule has 1 heterocycles. The molecule has 33 heavy (non-hydrogen) atoms. The van der Waals surface area contributed by atoms with Gasteiger partial charge in [0.15, 0.2) is 0 Å². The summed E-state index contributed by atoms with van der Waals surface area (Å²) in [7, 11) is 1.59. The van der Waals surface area contributed by atoms with E-state index in [1.54, 1.807) is 25.3 Å². The van der Waals surface area contributed by atoms with E-state index in [2.05, 4.69) is 29.8 Å². The summed E-state index contributed by atoms with van der Waals surface area (Å²) in [4.78, 5) is 27.5. The maximum Gasteiger partial charge on any atom is 0.295 e. The zero-order valence-corrected chi connectivity index (χ0v) is 21.0. The third-order valence-electron chi connectivity index (χ3n) is 5.47. The zero-order valence-electron chi connectivity index (χ0n) is 19.4. The van der Waals surface area contributed by atoms with Crippen LogP contribution in [0.2, 0.25) is 0 Å². The number of nitrogens with zero attached hydrogens (tertiary/aromatic N) is 1. The molecule has 1 N–H and O–H groups in total.